The van der Waals surface area contributed by atoms with Crippen molar-refractivity contribution in [3.63, 3.8) is 0 Å². The van der Waals surface area contributed by atoms with Gasteiger partial charge < -0.3 is 14.6 Å². The van der Waals surface area contributed by atoms with E-state index in [9.17, 15) is 4.79 Å². The van der Waals surface area contributed by atoms with Crippen molar-refractivity contribution in [2.45, 2.75) is 90.8 Å². The molecule has 0 amide bonds. The van der Waals surface area contributed by atoms with Crippen molar-refractivity contribution in [3.05, 3.63) is 0 Å². The van der Waals surface area contributed by atoms with Crippen LogP contribution in [0.1, 0.15) is 84.5 Å². The molecule has 21 heavy (non-hydrogen) atoms. The van der Waals surface area contributed by atoms with Crippen molar-refractivity contribution in [2.24, 2.45) is 0 Å². The van der Waals surface area contributed by atoms with Crippen LogP contribution in [0.15, 0.2) is 0 Å². The van der Waals surface area contributed by atoms with Gasteiger partial charge in [-0.3, -0.25) is 4.79 Å². The van der Waals surface area contributed by atoms with Crippen LogP contribution in [0.2, 0.25) is 0 Å². The molecule has 0 rings (SSSR count). The van der Waals surface area contributed by atoms with E-state index >= 15 is 0 Å². The minimum Gasteiger partial charge on any atom is -0.481 e. The maximum absolute atomic E-state index is 10.7. The van der Waals surface area contributed by atoms with Crippen molar-refractivity contribution < 1.29 is 19.4 Å². The average Bonchev–Trinajstić information content (AvgIpc) is 2.47. The Hall–Kier alpha value is -0.610. The van der Waals surface area contributed by atoms with Gasteiger partial charge in [-0.25, -0.2) is 0 Å². The molecule has 0 radical (unpaired) electrons. The van der Waals surface area contributed by atoms with Gasteiger partial charge in [0.15, 0.2) is 6.29 Å². The SMILES string of the molecule is CCCCCCCOC(CCC(=O)O)OCCCCCC. The highest BCUT2D eigenvalue weighted by Gasteiger charge is 2.11. The van der Waals surface area contributed by atoms with Gasteiger partial charge in [-0.05, 0) is 12.8 Å². The van der Waals surface area contributed by atoms with E-state index in [1.165, 1.54) is 44.9 Å². The van der Waals surface area contributed by atoms with Crippen molar-refractivity contribution in [1.29, 1.82) is 0 Å². The Morgan fingerprint density at radius 3 is 1.81 bits per heavy atom. The highest BCUT2D eigenvalue weighted by molar-refractivity contribution is 5.66. The molecule has 0 aliphatic rings. The van der Waals surface area contributed by atoms with Gasteiger partial charge in [0.1, 0.15) is 0 Å². The summed E-state index contributed by atoms with van der Waals surface area (Å²) in [5.41, 5.74) is 0. The number of rotatable bonds is 16. The molecule has 126 valence electrons. The fraction of sp³-hybridized carbons (Fsp3) is 0.941. The molecule has 4 heteroatoms. The molecule has 0 bridgehead atoms. The van der Waals surface area contributed by atoms with E-state index in [2.05, 4.69) is 13.8 Å². The fourth-order valence-electron chi connectivity index (χ4n) is 2.12. The molecule has 4 nitrogen and oxygen atoms in total. The second-order valence-corrected chi connectivity index (χ2v) is 5.58. The zero-order valence-electron chi connectivity index (χ0n) is 13.9. The van der Waals surface area contributed by atoms with Crippen LogP contribution in [-0.2, 0) is 14.3 Å². The predicted octanol–water partition coefficient (Wildman–Crippen LogP) is 4.76. The number of carbonyl (C=O) groups is 1. The number of hydrogen-bond donors (Lipinski definition) is 1. The number of ether oxygens (including phenoxy) is 2. The number of hydrogen-bond acceptors (Lipinski definition) is 3. The molecule has 0 saturated heterocycles. The molecule has 1 unspecified atom stereocenters. The summed E-state index contributed by atoms with van der Waals surface area (Å²) in [4.78, 5) is 10.7. The van der Waals surface area contributed by atoms with E-state index < -0.39 is 5.97 Å². The van der Waals surface area contributed by atoms with Crippen LogP contribution in [-0.4, -0.2) is 30.6 Å². The van der Waals surface area contributed by atoms with Crippen LogP contribution in [0.5, 0.6) is 0 Å². The highest BCUT2D eigenvalue weighted by Crippen LogP contribution is 2.09. The van der Waals surface area contributed by atoms with Crippen LogP contribution in [0.4, 0.5) is 0 Å². The zero-order valence-corrected chi connectivity index (χ0v) is 13.9. The Morgan fingerprint density at radius 1 is 0.857 bits per heavy atom. The highest BCUT2D eigenvalue weighted by atomic mass is 16.7. The third kappa shape index (κ3) is 15.6. The van der Waals surface area contributed by atoms with Gasteiger partial charge in [0, 0.05) is 19.6 Å². The first-order valence-electron chi connectivity index (χ1n) is 8.65. The minimum absolute atomic E-state index is 0.107. The Bertz CT molecular complexity index is 231. The molecule has 0 aliphatic heterocycles. The van der Waals surface area contributed by atoms with Gasteiger partial charge >= 0.3 is 5.97 Å². The quantitative estimate of drug-likeness (QED) is 0.330. The van der Waals surface area contributed by atoms with Gasteiger partial charge in [0.05, 0.1) is 6.42 Å². The number of carboxylic acid groups (broad SMARTS) is 1. The summed E-state index contributed by atoms with van der Waals surface area (Å²) in [6, 6.07) is 0. The van der Waals surface area contributed by atoms with Crippen LogP contribution in [0, 0.1) is 0 Å². The molecule has 0 spiro atoms. The van der Waals surface area contributed by atoms with Crippen LogP contribution >= 0.6 is 0 Å². The van der Waals surface area contributed by atoms with Crippen LogP contribution in [0.25, 0.3) is 0 Å². The van der Waals surface area contributed by atoms with Gasteiger partial charge in [-0.1, -0.05) is 58.8 Å². The topological polar surface area (TPSA) is 55.8 Å². The lowest BCUT2D eigenvalue weighted by Gasteiger charge is -2.18. The first-order valence-corrected chi connectivity index (χ1v) is 8.65. The fourth-order valence-corrected chi connectivity index (χ4v) is 2.12. The molecule has 0 aromatic carbocycles. The predicted molar refractivity (Wildman–Crippen MR) is 85.5 cm³/mol. The molecule has 0 heterocycles. The van der Waals surface area contributed by atoms with Crippen molar-refractivity contribution in [3.8, 4) is 0 Å². The van der Waals surface area contributed by atoms with E-state index in [0.717, 1.165) is 12.8 Å². The largest absolute Gasteiger partial charge is 0.481 e. The Morgan fingerprint density at radius 2 is 1.33 bits per heavy atom. The summed E-state index contributed by atoms with van der Waals surface area (Å²) in [6.45, 7) is 5.71. The summed E-state index contributed by atoms with van der Waals surface area (Å²) in [5, 5.41) is 8.76. The number of unbranched alkanes of at least 4 members (excludes halogenated alkanes) is 7. The van der Waals surface area contributed by atoms with Crippen molar-refractivity contribution in [1.82, 2.24) is 0 Å². The van der Waals surface area contributed by atoms with E-state index in [1.807, 2.05) is 0 Å². The maximum atomic E-state index is 10.7. The van der Waals surface area contributed by atoms with Crippen molar-refractivity contribution >= 4 is 5.97 Å². The number of aliphatic carboxylic acids is 1. The Kier molecular flexibility index (Phi) is 15.3. The van der Waals surface area contributed by atoms with Gasteiger partial charge in [-0.15, -0.1) is 0 Å². The van der Waals surface area contributed by atoms with Crippen LogP contribution < -0.4 is 0 Å². The standard InChI is InChI=1S/C17H34O4/c1-3-5-7-9-11-15-21-17(13-12-16(18)19)20-14-10-8-6-4-2/h17H,3-15H2,1-2H3,(H,18,19). The third-order valence-corrected chi connectivity index (χ3v) is 3.45. The number of carboxylic acids is 1. The van der Waals surface area contributed by atoms with Crippen molar-refractivity contribution in [2.75, 3.05) is 13.2 Å². The second kappa shape index (κ2) is 15.8. The Labute approximate surface area is 130 Å². The lowest BCUT2D eigenvalue weighted by Crippen LogP contribution is -2.20. The summed E-state index contributed by atoms with van der Waals surface area (Å²) >= 11 is 0. The summed E-state index contributed by atoms with van der Waals surface area (Å²) in [7, 11) is 0. The molecule has 0 aromatic rings. The lowest BCUT2D eigenvalue weighted by molar-refractivity contribution is -0.156. The smallest absolute Gasteiger partial charge is 0.303 e. The molecular formula is C17H34O4. The van der Waals surface area contributed by atoms with Gasteiger partial charge in [0.2, 0.25) is 0 Å². The average molecular weight is 302 g/mol. The molecule has 1 atom stereocenters. The lowest BCUT2D eigenvalue weighted by atomic mass is 10.2. The van der Waals surface area contributed by atoms with E-state index in [4.69, 9.17) is 14.6 Å². The van der Waals surface area contributed by atoms with Gasteiger partial charge in [-0.2, -0.15) is 0 Å². The zero-order chi connectivity index (χ0) is 15.8. The molecular weight excluding hydrogens is 268 g/mol. The maximum Gasteiger partial charge on any atom is 0.303 e. The normalized spacial score (nSPS) is 12.5. The molecule has 0 saturated carbocycles. The molecule has 1 N–H and O–H groups in total. The summed E-state index contributed by atoms with van der Waals surface area (Å²) in [5.74, 6) is -0.791. The molecule has 0 aromatic heterocycles. The van der Waals surface area contributed by atoms with Crippen LogP contribution in [0.3, 0.4) is 0 Å². The Balaban J connectivity index is 3.72. The van der Waals surface area contributed by atoms with E-state index in [-0.39, 0.29) is 12.7 Å². The van der Waals surface area contributed by atoms with E-state index in [0.29, 0.717) is 19.6 Å². The van der Waals surface area contributed by atoms with E-state index in [1.54, 1.807) is 0 Å². The first kappa shape index (κ1) is 20.4. The monoisotopic (exact) mass is 302 g/mol. The second-order valence-electron chi connectivity index (χ2n) is 5.58. The molecule has 0 fully saturated rings. The summed E-state index contributed by atoms with van der Waals surface area (Å²) < 4.78 is 11.4. The minimum atomic E-state index is -0.791. The molecule has 0 aliphatic carbocycles. The van der Waals surface area contributed by atoms with Gasteiger partial charge in [0.25, 0.3) is 0 Å². The first-order chi connectivity index (χ1) is 10.2. The summed E-state index contributed by atoms with van der Waals surface area (Å²) in [6.07, 6.45) is 10.8. The third-order valence-electron chi connectivity index (χ3n) is 3.45.